The van der Waals surface area contributed by atoms with Crippen LogP contribution in [0.1, 0.15) is 29.2 Å². The first-order chi connectivity index (χ1) is 7.76. The molecule has 0 fully saturated rings. The van der Waals surface area contributed by atoms with Gasteiger partial charge in [-0.25, -0.2) is 0 Å². The lowest BCUT2D eigenvalue weighted by Crippen LogP contribution is -1.96. The molecule has 0 bridgehead atoms. The molecule has 0 amide bonds. The van der Waals surface area contributed by atoms with E-state index in [-0.39, 0.29) is 6.10 Å². The molecule has 0 N–H and O–H groups in total. The van der Waals surface area contributed by atoms with Gasteiger partial charge in [0.15, 0.2) is 0 Å². The third-order valence-electron chi connectivity index (χ3n) is 2.52. The summed E-state index contributed by atoms with van der Waals surface area (Å²) in [4.78, 5) is 2.46. The Kier molecular flexibility index (Phi) is 5.80. The number of hydrogen-bond acceptors (Lipinski definition) is 4. The molecule has 1 rings (SSSR count). The second-order valence-electron chi connectivity index (χ2n) is 3.52. The smallest absolute Gasteiger partial charge is 0.133 e. The molecule has 0 saturated carbocycles. The van der Waals surface area contributed by atoms with Gasteiger partial charge < -0.3 is 14.2 Å². The zero-order valence-electron chi connectivity index (χ0n) is 10.4. The van der Waals surface area contributed by atoms with Crippen molar-refractivity contribution in [3.8, 4) is 5.75 Å². The van der Waals surface area contributed by atoms with Gasteiger partial charge in [-0.1, -0.05) is 6.92 Å². The van der Waals surface area contributed by atoms with Crippen molar-refractivity contribution in [3.63, 3.8) is 0 Å². The molecule has 0 aromatic carbocycles. The fourth-order valence-corrected chi connectivity index (χ4v) is 2.89. The first-order valence-corrected chi connectivity index (χ1v) is 6.26. The van der Waals surface area contributed by atoms with Crippen LogP contribution in [-0.4, -0.2) is 27.9 Å². The Balaban J connectivity index is 2.83. The van der Waals surface area contributed by atoms with Crippen LogP contribution >= 0.6 is 11.3 Å². The van der Waals surface area contributed by atoms with Crippen molar-refractivity contribution in [1.29, 1.82) is 0 Å². The maximum Gasteiger partial charge on any atom is 0.133 e. The standard InChI is InChI=1S/C12H20O3S/c1-5-9(14-3)12-8-10(15-4)11(16-12)6-7-13-2/h8-9H,5-7H2,1-4H3. The third kappa shape index (κ3) is 3.20. The minimum Gasteiger partial charge on any atom is -0.496 e. The van der Waals surface area contributed by atoms with Gasteiger partial charge in [-0.05, 0) is 12.5 Å². The van der Waals surface area contributed by atoms with E-state index in [1.165, 1.54) is 9.75 Å². The topological polar surface area (TPSA) is 27.7 Å². The molecule has 0 saturated heterocycles. The van der Waals surface area contributed by atoms with Gasteiger partial charge in [0, 0.05) is 30.4 Å². The summed E-state index contributed by atoms with van der Waals surface area (Å²) in [6.45, 7) is 2.84. The first-order valence-electron chi connectivity index (χ1n) is 5.45. The monoisotopic (exact) mass is 244 g/mol. The molecule has 0 aliphatic heterocycles. The second-order valence-corrected chi connectivity index (χ2v) is 4.68. The largest absolute Gasteiger partial charge is 0.496 e. The molecule has 1 aromatic heterocycles. The highest BCUT2D eigenvalue weighted by atomic mass is 32.1. The van der Waals surface area contributed by atoms with E-state index in [0.29, 0.717) is 0 Å². The number of thiophene rings is 1. The summed E-state index contributed by atoms with van der Waals surface area (Å²) in [5, 5.41) is 0. The normalized spacial score (nSPS) is 12.8. The van der Waals surface area contributed by atoms with Crippen LogP contribution < -0.4 is 4.74 Å². The van der Waals surface area contributed by atoms with Crippen LogP contribution in [0.5, 0.6) is 5.75 Å². The van der Waals surface area contributed by atoms with E-state index < -0.39 is 0 Å². The van der Waals surface area contributed by atoms with Crippen LogP contribution in [-0.2, 0) is 15.9 Å². The molecule has 1 heterocycles. The molecule has 0 spiro atoms. The van der Waals surface area contributed by atoms with E-state index in [1.54, 1.807) is 32.7 Å². The Labute approximate surface area is 101 Å². The van der Waals surface area contributed by atoms with E-state index in [0.717, 1.165) is 25.2 Å². The van der Waals surface area contributed by atoms with E-state index >= 15 is 0 Å². The second kappa shape index (κ2) is 6.89. The lowest BCUT2D eigenvalue weighted by atomic mass is 10.2. The zero-order valence-corrected chi connectivity index (χ0v) is 11.2. The summed E-state index contributed by atoms with van der Waals surface area (Å²) >= 11 is 1.75. The van der Waals surface area contributed by atoms with E-state index in [2.05, 4.69) is 13.0 Å². The van der Waals surface area contributed by atoms with Crippen molar-refractivity contribution < 1.29 is 14.2 Å². The summed E-state index contributed by atoms with van der Waals surface area (Å²) in [5.41, 5.74) is 0. The number of methoxy groups -OCH3 is 3. The van der Waals surface area contributed by atoms with Crippen molar-refractivity contribution >= 4 is 11.3 Å². The minimum atomic E-state index is 0.176. The SMILES string of the molecule is CCC(OC)c1cc(OC)c(CCOC)s1. The van der Waals surface area contributed by atoms with Crippen LogP contribution in [0.3, 0.4) is 0 Å². The van der Waals surface area contributed by atoms with Crippen molar-refractivity contribution in [2.75, 3.05) is 27.9 Å². The summed E-state index contributed by atoms with van der Waals surface area (Å²) in [7, 11) is 5.16. The van der Waals surface area contributed by atoms with Crippen LogP contribution in [0.15, 0.2) is 6.07 Å². The predicted molar refractivity (Wildman–Crippen MR) is 66.5 cm³/mol. The quantitative estimate of drug-likeness (QED) is 0.738. The molecule has 92 valence electrons. The molecule has 1 aromatic rings. The molecular formula is C12H20O3S. The van der Waals surface area contributed by atoms with Gasteiger partial charge >= 0.3 is 0 Å². The zero-order chi connectivity index (χ0) is 12.0. The number of ether oxygens (including phenoxy) is 3. The molecule has 3 nitrogen and oxygen atoms in total. The van der Waals surface area contributed by atoms with Gasteiger partial charge in [-0.3, -0.25) is 0 Å². The Morgan fingerprint density at radius 3 is 2.56 bits per heavy atom. The highest BCUT2D eigenvalue weighted by molar-refractivity contribution is 7.12. The van der Waals surface area contributed by atoms with Gasteiger partial charge in [0.05, 0.1) is 19.8 Å². The number of hydrogen-bond donors (Lipinski definition) is 0. The summed E-state index contributed by atoms with van der Waals surface area (Å²) in [6, 6.07) is 2.08. The summed E-state index contributed by atoms with van der Waals surface area (Å²) in [6.07, 6.45) is 2.05. The average Bonchev–Trinajstić information content (AvgIpc) is 2.71. The molecule has 1 unspecified atom stereocenters. The Bertz CT molecular complexity index is 305. The lowest BCUT2D eigenvalue weighted by molar-refractivity contribution is 0.103. The molecule has 1 atom stereocenters. The maximum absolute atomic E-state index is 5.43. The highest BCUT2D eigenvalue weighted by Gasteiger charge is 2.15. The van der Waals surface area contributed by atoms with Gasteiger partial charge in [-0.2, -0.15) is 0 Å². The molecule has 16 heavy (non-hydrogen) atoms. The van der Waals surface area contributed by atoms with Crippen LogP contribution in [0.4, 0.5) is 0 Å². The summed E-state index contributed by atoms with van der Waals surface area (Å²) < 4.78 is 15.9. The first kappa shape index (κ1) is 13.5. The maximum atomic E-state index is 5.43. The van der Waals surface area contributed by atoms with Crippen molar-refractivity contribution in [2.45, 2.75) is 25.9 Å². The average molecular weight is 244 g/mol. The van der Waals surface area contributed by atoms with Crippen LogP contribution in [0.2, 0.25) is 0 Å². The van der Waals surface area contributed by atoms with E-state index in [4.69, 9.17) is 14.2 Å². The lowest BCUT2D eigenvalue weighted by Gasteiger charge is -2.09. The Hall–Kier alpha value is -0.580. The van der Waals surface area contributed by atoms with Gasteiger partial charge in [0.25, 0.3) is 0 Å². The molecule has 0 aliphatic rings. The van der Waals surface area contributed by atoms with Crippen LogP contribution in [0, 0.1) is 0 Å². The summed E-state index contributed by atoms with van der Waals surface area (Å²) in [5.74, 6) is 0.951. The molecule has 0 radical (unpaired) electrons. The van der Waals surface area contributed by atoms with Crippen molar-refractivity contribution in [2.24, 2.45) is 0 Å². The fraction of sp³-hybridized carbons (Fsp3) is 0.667. The minimum absolute atomic E-state index is 0.176. The fourth-order valence-electron chi connectivity index (χ4n) is 1.62. The predicted octanol–water partition coefficient (Wildman–Crippen LogP) is 3.04. The van der Waals surface area contributed by atoms with Crippen molar-refractivity contribution in [3.05, 3.63) is 15.8 Å². The Morgan fingerprint density at radius 2 is 2.06 bits per heavy atom. The molecule has 4 heteroatoms. The Morgan fingerprint density at radius 1 is 1.31 bits per heavy atom. The molecular weight excluding hydrogens is 224 g/mol. The molecule has 0 aliphatic carbocycles. The highest BCUT2D eigenvalue weighted by Crippen LogP contribution is 2.35. The van der Waals surface area contributed by atoms with E-state index in [1.807, 2.05) is 0 Å². The van der Waals surface area contributed by atoms with Crippen molar-refractivity contribution in [1.82, 2.24) is 0 Å². The van der Waals surface area contributed by atoms with Gasteiger partial charge in [-0.15, -0.1) is 11.3 Å². The van der Waals surface area contributed by atoms with E-state index in [9.17, 15) is 0 Å². The van der Waals surface area contributed by atoms with Gasteiger partial charge in [0.1, 0.15) is 5.75 Å². The third-order valence-corrected chi connectivity index (χ3v) is 3.78. The number of rotatable bonds is 7. The van der Waals surface area contributed by atoms with Crippen LogP contribution in [0.25, 0.3) is 0 Å². The van der Waals surface area contributed by atoms with Gasteiger partial charge in [0.2, 0.25) is 0 Å².